The number of para-hydroxylation sites is 1. The van der Waals surface area contributed by atoms with E-state index in [9.17, 15) is 0 Å². The summed E-state index contributed by atoms with van der Waals surface area (Å²) in [6.07, 6.45) is 0. The minimum atomic E-state index is 0.391. The number of halogens is 1. The van der Waals surface area contributed by atoms with Crippen LogP contribution in [0.3, 0.4) is 0 Å². The highest BCUT2D eigenvalue weighted by Crippen LogP contribution is 2.33. The lowest BCUT2D eigenvalue weighted by Gasteiger charge is -2.15. The second kappa shape index (κ2) is 7.36. The molecule has 1 heterocycles. The maximum absolute atomic E-state index is 6.00. The van der Waals surface area contributed by atoms with Crippen molar-refractivity contribution < 1.29 is 9.47 Å². The van der Waals surface area contributed by atoms with E-state index in [-0.39, 0.29) is 0 Å². The molecule has 0 spiro atoms. The third-order valence-corrected chi connectivity index (χ3v) is 3.44. The second-order valence-electron chi connectivity index (χ2n) is 4.69. The van der Waals surface area contributed by atoms with Gasteiger partial charge in [0.25, 0.3) is 0 Å². The van der Waals surface area contributed by atoms with E-state index in [1.807, 2.05) is 42.8 Å². The number of alkyl halides is 1. The van der Waals surface area contributed by atoms with Crippen molar-refractivity contribution in [3.8, 4) is 11.5 Å². The summed E-state index contributed by atoms with van der Waals surface area (Å²) in [5.74, 6) is 1.84. The van der Waals surface area contributed by atoms with E-state index in [1.54, 1.807) is 0 Å². The first-order valence-electron chi connectivity index (χ1n) is 7.16. The van der Waals surface area contributed by atoms with Gasteiger partial charge in [0, 0.05) is 12.1 Å². The number of nitrogens with zero attached hydrogens (tertiary/aromatic N) is 2. The molecule has 0 aliphatic carbocycles. The van der Waals surface area contributed by atoms with E-state index in [0.29, 0.717) is 19.1 Å². The van der Waals surface area contributed by atoms with Crippen LogP contribution in [0, 0.1) is 6.92 Å². The molecular weight excluding hydrogens is 288 g/mol. The standard InChI is InChI=1S/C16H21ClN2O2/c1-4-19-14(9-12(3)18-19)11-21-16-13(10-17)7-6-8-15(16)20-5-2/h6-9H,4-5,10-11H2,1-3H3. The average Bonchev–Trinajstić information content (AvgIpc) is 2.86. The van der Waals surface area contributed by atoms with Crippen molar-refractivity contribution >= 4 is 11.6 Å². The molecular formula is C16H21ClN2O2. The fourth-order valence-electron chi connectivity index (χ4n) is 2.23. The number of rotatable bonds is 7. The van der Waals surface area contributed by atoms with Gasteiger partial charge in [-0.25, -0.2) is 0 Å². The third kappa shape index (κ3) is 3.70. The van der Waals surface area contributed by atoms with Crippen LogP contribution in [0.4, 0.5) is 0 Å². The topological polar surface area (TPSA) is 36.3 Å². The van der Waals surface area contributed by atoms with Gasteiger partial charge in [-0.3, -0.25) is 4.68 Å². The zero-order chi connectivity index (χ0) is 15.2. The number of hydrogen-bond donors (Lipinski definition) is 0. The normalized spacial score (nSPS) is 10.7. The van der Waals surface area contributed by atoms with Gasteiger partial charge in [0.15, 0.2) is 11.5 Å². The van der Waals surface area contributed by atoms with Gasteiger partial charge in [0.1, 0.15) is 6.61 Å². The summed E-state index contributed by atoms with van der Waals surface area (Å²) in [4.78, 5) is 0. The molecule has 114 valence electrons. The Hall–Kier alpha value is -1.68. The van der Waals surface area contributed by atoms with Crippen LogP contribution in [-0.4, -0.2) is 16.4 Å². The van der Waals surface area contributed by atoms with Gasteiger partial charge in [0.2, 0.25) is 0 Å². The summed E-state index contributed by atoms with van der Waals surface area (Å²) in [5, 5.41) is 4.42. The van der Waals surface area contributed by atoms with Crippen LogP contribution in [0.15, 0.2) is 24.3 Å². The maximum Gasteiger partial charge on any atom is 0.166 e. The smallest absolute Gasteiger partial charge is 0.166 e. The van der Waals surface area contributed by atoms with Gasteiger partial charge in [-0.1, -0.05) is 12.1 Å². The van der Waals surface area contributed by atoms with Gasteiger partial charge in [-0.2, -0.15) is 5.10 Å². The van der Waals surface area contributed by atoms with Gasteiger partial charge < -0.3 is 9.47 Å². The van der Waals surface area contributed by atoms with E-state index in [0.717, 1.165) is 35.0 Å². The van der Waals surface area contributed by atoms with Gasteiger partial charge in [0.05, 0.1) is 23.9 Å². The Morgan fingerprint density at radius 3 is 2.71 bits per heavy atom. The molecule has 1 aromatic carbocycles. The van der Waals surface area contributed by atoms with Crippen LogP contribution < -0.4 is 9.47 Å². The summed E-state index contributed by atoms with van der Waals surface area (Å²) in [6, 6.07) is 7.81. The predicted octanol–water partition coefficient (Wildman–Crippen LogP) is 3.93. The summed E-state index contributed by atoms with van der Waals surface area (Å²) >= 11 is 6.00. The molecule has 0 atom stereocenters. The van der Waals surface area contributed by atoms with Crippen molar-refractivity contribution in [2.45, 2.75) is 39.8 Å². The summed E-state index contributed by atoms with van der Waals surface area (Å²) in [5.41, 5.74) is 2.97. The SMILES string of the molecule is CCOc1cccc(CCl)c1OCc1cc(C)nn1CC. The van der Waals surface area contributed by atoms with Gasteiger partial charge in [-0.05, 0) is 32.9 Å². The van der Waals surface area contributed by atoms with Gasteiger partial charge >= 0.3 is 0 Å². The molecule has 0 fully saturated rings. The molecule has 0 aliphatic rings. The van der Waals surface area contributed by atoms with Crippen LogP contribution in [0.1, 0.15) is 30.8 Å². The van der Waals surface area contributed by atoms with E-state index < -0.39 is 0 Å². The first-order valence-corrected chi connectivity index (χ1v) is 7.69. The van der Waals surface area contributed by atoms with Crippen LogP contribution in [0.5, 0.6) is 11.5 Å². The quantitative estimate of drug-likeness (QED) is 0.727. The number of ether oxygens (including phenoxy) is 2. The zero-order valence-corrected chi connectivity index (χ0v) is 13.5. The average molecular weight is 309 g/mol. The number of aromatic nitrogens is 2. The van der Waals surface area contributed by atoms with E-state index in [1.165, 1.54) is 0 Å². The Morgan fingerprint density at radius 1 is 1.24 bits per heavy atom. The summed E-state index contributed by atoms with van der Waals surface area (Å²) in [7, 11) is 0. The Morgan fingerprint density at radius 2 is 2.05 bits per heavy atom. The van der Waals surface area contributed by atoms with Crippen LogP contribution in [0.2, 0.25) is 0 Å². The minimum Gasteiger partial charge on any atom is -0.490 e. The molecule has 4 nitrogen and oxygen atoms in total. The molecule has 0 amide bonds. The first-order chi connectivity index (χ1) is 10.2. The largest absolute Gasteiger partial charge is 0.490 e. The van der Waals surface area contributed by atoms with Crippen molar-refractivity contribution in [3.05, 3.63) is 41.2 Å². The molecule has 5 heteroatoms. The second-order valence-corrected chi connectivity index (χ2v) is 4.96. The molecule has 2 rings (SSSR count). The molecule has 1 aromatic heterocycles. The molecule has 0 unspecified atom stereocenters. The zero-order valence-electron chi connectivity index (χ0n) is 12.7. The Kier molecular flexibility index (Phi) is 5.51. The molecule has 2 aromatic rings. The van der Waals surface area contributed by atoms with Crippen molar-refractivity contribution in [2.24, 2.45) is 0 Å². The van der Waals surface area contributed by atoms with Crippen LogP contribution in [0.25, 0.3) is 0 Å². The molecule has 0 aliphatic heterocycles. The Balaban J connectivity index is 2.22. The Bertz CT molecular complexity index is 596. The van der Waals surface area contributed by atoms with Gasteiger partial charge in [-0.15, -0.1) is 11.6 Å². The molecule has 0 saturated heterocycles. The molecule has 0 saturated carbocycles. The third-order valence-electron chi connectivity index (χ3n) is 3.15. The summed E-state index contributed by atoms with van der Waals surface area (Å²) in [6.45, 7) is 7.85. The fraction of sp³-hybridized carbons (Fsp3) is 0.438. The Labute approximate surface area is 130 Å². The first kappa shape index (κ1) is 15.7. The van der Waals surface area contributed by atoms with E-state index >= 15 is 0 Å². The number of aryl methyl sites for hydroxylation is 2. The van der Waals surface area contributed by atoms with Crippen molar-refractivity contribution in [1.29, 1.82) is 0 Å². The highest BCUT2D eigenvalue weighted by molar-refractivity contribution is 6.17. The molecule has 0 radical (unpaired) electrons. The number of benzene rings is 1. The minimum absolute atomic E-state index is 0.391. The maximum atomic E-state index is 6.00. The number of hydrogen-bond acceptors (Lipinski definition) is 3. The lowest BCUT2D eigenvalue weighted by Crippen LogP contribution is -2.07. The fourth-order valence-corrected chi connectivity index (χ4v) is 2.45. The molecule has 21 heavy (non-hydrogen) atoms. The van der Waals surface area contributed by atoms with Crippen molar-refractivity contribution in [3.63, 3.8) is 0 Å². The molecule has 0 N–H and O–H groups in total. The van der Waals surface area contributed by atoms with E-state index in [2.05, 4.69) is 12.0 Å². The predicted molar refractivity (Wildman–Crippen MR) is 84.1 cm³/mol. The lowest BCUT2D eigenvalue weighted by atomic mass is 10.2. The van der Waals surface area contributed by atoms with E-state index in [4.69, 9.17) is 21.1 Å². The van der Waals surface area contributed by atoms with Crippen molar-refractivity contribution in [1.82, 2.24) is 9.78 Å². The monoisotopic (exact) mass is 308 g/mol. The highest BCUT2D eigenvalue weighted by atomic mass is 35.5. The van der Waals surface area contributed by atoms with Crippen LogP contribution >= 0.6 is 11.6 Å². The summed E-state index contributed by atoms with van der Waals surface area (Å²) < 4.78 is 13.6. The molecule has 0 bridgehead atoms. The lowest BCUT2D eigenvalue weighted by molar-refractivity contribution is 0.259. The van der Waals surface area contributed by atoms with Crippen molar-refractivity contribution in [2.75, 3.05) is 6.61 Å². The van der Waals surface area contributed by atoms with Crippen LogP contribution in [-0.2, 0) is 19.0 Å². The highest BCUT2D eigenvalue weighted by Gasteiger charge is 2.12.